The van der Waals surface area contributed by atoms with Crippen LogP contribution in [0, 0.1) is 0 Å². The highest BCUT2D eigenvalue weighted by atomic mass is 16.2. The lowest BCUT2D eigenvalue weighted by molar-refractivity contribution is -0.120. The molecular formula is C17H19N5O2. The standard InChI is InChI=1S/C17H19N5O2/c23-16-8-12(9-18-16)11-3-1-4-13(7-11)21-17(24)14-5-2-6-15-19-10-20-22(14)15/h1,3-4,7,10,12,14H,2,5-6,8-9H2,(H,18,23)(H,21,24). The van der Waals surface area contributed by atoms with E-state index in [0.29, 0.717) is 13.0 Å². The Balaban J connectivity index is 1.50. The number of benzene rings is 1. The zero-order chi connectivity index (χ0) is 16.5. The van der Waals surface area contributed by atoms with E-state index in [-0.39, 0.29) is 23.8 Å². The van der Waals surface area contributed by atoms with Crippen molar-refractivity contribution in [3.8, 4) is 0 Å². The van der Waals surface area contributed by atoms with Crippen LogP contribution < -0.4 is 10.6 Å². The van der Waals surface area contributed by atoms with Gasteiger partial charge in [0.1, 0.15) is 18.2 Å². The average molecular weight is 325 g/mol. The molecule has 1 aromatic heterocycles. The quantitative estimate of drug-likeness (QED) is 0.893. The molecule has 2 N–H and O–H groups in total. The van der Waals surface area contributed by atoms with E-state index in [1.165, 1.54) is 6.33 Å². The van der Waals surface area contributed by atoms with E-state index in [1.807, 2.05) is 24.3 Å². The number of nitrogens with zero attached hydrogens (tertiary/aromatic N) is 3. The van der Waals surface area contributed by atoms with Crippen LogP contribution in [-0.4, -0.2) is 33.1 Å². The van der Waals surface area contributed by atoms with Crippen LogP contribution >= 0.6 is 0 Å². The minimum Gasteiger partial charge on any atom is -0.355 e. The van der Waals surface area contributed by atoms with Crippen molar-refractivity contribution in [2.45, 2.75) is 37.6 Å². The van der Waals surface area contributed by atoms with Gasteiger partial charge in [-0.2, -0.15) is 5.10 Å². The molecule has 2 atom stereocenters. The zero-order valence-electron chi connectivity index (χ0n) is 13.2. The molecular weight excluding hydrogens is 306 g/mol. The van der Waals surface area contributed by atoms with E-state index in [4.69, 9.17) is 0 Å². The van der Waals surface area contributed by atoms with Gasteiger partial charge in [-0.15, -0.1) is 0 Å². The topological polar surface area (TPSA) is 88.9 Å². The van der Waals surface area contributed by atoms with Crippen LogP contribution in [0.3, 0.4) is 0 Å². The molecule has 2 aromatic rings. The van der Waals surface area contributed by atoms with Crippen molar-refractivity contribution in [1.29, 1.82) is 0 Å². The normalized spacial score (nSPS) is 22.8. The maximum atomic E-state index is 12.6. The van der Waals surface area contributed by atoms with Gasteiger partial charge in [0.15, 0.2) is 0 Å². The fourth-order valence-electron chi connectivity index (χ4n) is 3.47. The van der Waals surface area contributed by atoms with E-state index in [9.17, 15) is 9.59 Å². The first-order valence-corrected chi connectivity index (χ1v) is 8.26. The van der Waals surface area contributed by atoms with Gasteiger partial charge in [-0.25, -0.2) is 9.67 Å². The lowest BCUT2D eigenvalue weighted by atomic mass is 9.97. The van der Waals surface area contributed by atoms with Crippen molar-refractivity contribution in [3.05, 3.63) is 42.0 Å². The van der Waals surface area contributed by atoms with Gasteiger partial charge in [0, 0.05) is 31.0 Å². The van der Waals surface area contributed by atoms with Gasteiger partial charge < -0.3 is 10.6 Å². The number of anilines is 1. The summed E-state index contributed by atoms with van der Waals surface area (Å²) >= 11 is 0. The summed E-state index contributed by atoms with van der Waals surface area (Å²) in [4.78, 5) is 28.2. The molecule has 124 valence electrons. The maximum Gasteiger partial charge on any atom is 0.249 e. The van der Waals surface area contributed by atoms with Crippen molar-refractivity contribution in [2.24, 2.45) is 0 Å². The van der Waals surface area contributed by atoms with E-state index < -0.39 is 0 Å². The number of carbonyl (C=O) groups is 2. The molecule has 2 amide bonds. The Hall–Kier alpha value is -2.70. The molecule has 1 saturated heterocycles. The van der Waals surface area contributed by atoms with Crippen molar-refractivity contribution in [2.75, 3.05) is 11.9 Å². The smallest absolute Gasteiger partial charge is 0.249 e. The third-order valence-corrected chi connectivity index (χ3v) is 4.73. The van der Waals surface area contributed by atoms with Crippen LogP contribution in [0.4, 0.5) is 5.69 Å². The van der Waals surface area contributed by atoms with Gasteiger partial charge in [-0.3, -0.25) is 9.59 Å². The summed E-state index contributed by atoms with van der Waals surface area (Å²) in [5.74, 6) is 1.05. The first-order chi connectivity index (χ1) is 11.7. The summed E-state index contributed by atoms with van der Waals surface area (Å²) < 4.78 is 1.72. The van der Waals surface area contributed by atoms with Crippen molar-refractivity contribution < 1.29 is 9.59 Å². The molecule has 1 aromatic carbocycles. The summed E-state index contributed by atoms with van der Waals surface area (Å²) in [5, 5.41) is 10.0. The summed E-state index contributed by atoms with van der Waals surface area (Å²) in [6.45, 7) is 0.654. The summed E-state index contributed by atoms with van der Waals surface area (Å²) in [7, 11) is 0. The fraction of sp³-hybridized carbons (Fsp3) is 0.412. The van der Waals surface area contributed by atoms with Crippen molar-refractivity contribution >= 4 is 17.5 Å². The van der Waals surface area contributed by atoms with Gasteiger partial charge in [-0.05, 0) is 30.5 Å². The number of aryl methyl sites for hydroxylation is 1. The number of hydrogen-bond donors (Lipinski definition) is 2. The maximum absolute atomic E-state index is 12.6. The lowest BCUT2D eigenvalue weighted by Crippen LogP contribution is -2.30. The highest BCUT2D eigenvalue weighted by Crippen LogP contribution is 2.27. The number of rotatable bonds is 3. The number of nitrogens with one attached hydrogen (secondary N) is 2. The third kappa shape index (κ3) is 2.77. The minimum atomic E-state index is -0.311. The van der Waals surface area contributed by atoms with Gasteiger partial charge in [0.05, 0.1) is 0 Å². The van der Waals surface area contributed by atoms with Gasteiger partial charge in [0.25, 0.3) is 0 Å². The molecule has 2 aliphatic heterocycles. The largest absolute Gasteiger partial charge is 0.355 e. The molecule has 1 fully saturated rings. The van der Waals surface area contributed by atoms with Gasteiger partial charge >= 0.3 is 0 Å². The Bertz CT molecular complexity index is 785. The van der Waals surface area contributed by atoms with E-state index in [2.05, 4.69) is 20.7 Å². The predicted octanol–water partition coefficient (Wildman–Crippen LogP) is 1.40. The minimum absolute atomic E-state index is 0.0702. The first kappa shape index (κ1) is 14.9. The van der Waals surface area contributed by atoms with Gasteiger partial charge in [-0.1, -0.05) is 12.1 Å². The molecule has 0 aliphatic carbocycles. The Morgan fingerprint density at radius 3 is 3.12 bits per heavy atom. The molecule has 7 nitrogen and oxygen atoms in total. The first-order valence-electron chi connectivity index (χ1n) is 8.26. The Morgan fingerprint density at radius 2 is 2.29 bits per heavy atom. The monoisotopic (exact) mass is 325 g/mol. The molecule has 0 radical (unpaired) electrons. The Kier molecular flexibility index (Phi) is 3.76. The fourth-order valence-corrected chi connectivity index (χ4v) is 3.47. The van der Waals surface area contributed by atoms with Crippen LogP contribution in [0.15, 0.2) is 30.6 Å². The zero-order valence-corrected chi connectivity index (χ0v) is 13.2. The molecule has 3 heterocycles. The Morgan fingerprint density at radius 1 is 1.38 bits per heavy atom. The van der Waals surface area contributed by atoms with E-state index >= 15 is 0 Å². The third-order valence-electron chi connectivity index (χ3n) is 4.73. The summed E-state index contributed by atoms with van der Waals surface area (Å²) in [6, 6.07) is 7.42. The second-order valence-corrected chi connectivity index (χ2v) is 6.35. The number of fused-ring (bicyclic) bond motifs is 1. The average Bonchev–Trinajstić information content (AvgIpc) is 3.23. The summed E-state index contributed by atoms with van der Waals surface area (Å²) in [6.07, 6.45) is 4.57. The van der Waals surface area contributed by atoms with E-state index in [1.54, 1.807) is 4.68 Å². The molecule has 24 heavy (non-hydrogen) atoms. The van der Waals surface area contributed by atoms with Gasteiger partial charge in [0.2, 0.25) is 11.8 Å². The number of aromatic nitrogens is 3. The molecule has 2 unspecified atom stereocenters. The highest BCUT2D eigenvalue weighted by Gasteiger charge is 2.28. The van der Waals surface area contributed by atoms with Crippen LogP contribution in [0.2, 0.25) is 0 Å². The van der Waals surface area contributed by atoms with Crippen molar-refractivity contribution in [1.82, 2.24) is 20.1 Å². The second kappa shape index (κ2) is 6.07. The van der Waals surface area contributed by atoms with E-state index in [0.717, 1.165) is 36.3 Å². The van der Waals surface area contributed by atoms with Crippen molar-refractivity contribution in [3.63, 3.8) is 0 Å². The van der Waals surface area contributed by atoms with Crippen LogP contribution in [0.25, 0.3) is 0 Å². The number of amides is 2. The van der Waals surface area contributed by atoms with Crippen LogP contribution in [0.5, 0.6) is 0 Å². The SMILES string of the molecule is O=C1CC(c2cccc(NC(=O)C3CCCc4ncnn43)c2)CN1. The van der Waals surface area contributed by atoms with Crippen LogP contribution in [-0.2, 0) is 16.0 Å². The lowest BCUT2D eigenvalue weighted by Gasteiger charge is -2.22. The molecule has 7 heteroatoms. The summed E-state index contributed by atoms with van der Waals surface area (Å²) in [5.41, 5.74) is 1.82. The Labute approximate surface area is 139 Å². The predicted molar refractivity (Wildman–Crippen MR) is 87.4 cm³/mol. The number of carbonyl (C=O) groups excluding carboxylic acids is 2. The molecule has 0 bridgehead atoms. The second-order valence-electron chi connectivity index (χ2n) is 6.35. The molecule has 0 spiro atoms. The molecule has 0 saturated carbocycles. The molecule has 2 aliphatic rings. The highest BCUT2D eigenvalue weighted by molar-refractivity contribution is 5.93. The number of hydrogen-bond acceptors (Lipinski definition) is 4. The van der Waals surface area contributed by atoms with Crippen LogP contribution in [0.1, 0.15) is 42.6 Å². The molecule has 4 rings (SSSR count).